The molecule has 4 aromatic rings. The zero-order chi connectivity index (χ0) is 22.0. The van der Waals surface area contributed by atoms with E-state index in [1.165, 1.54) is 11.3 Å². The van der Waals surface area contributed by atoms with Gasteiger partial charge in [-0.15, -0.1) is 11.3 Å². The Morgan fingerprint density at radius 3 is 2.65 bits per heavy atom. The quantitative estimate of drug-likeness (QED) is 0.440. The number of rotatable bonds is 6. The van der Waals surface area contributed by atoms with E-state index in [-0.39, 0.29) is 12.5 Å². The zero-order valence-electron chi connectivity index (χ0n) is 17.3. The van der Waals surface area contributed by atoms with Crippen molar-refractivity contribution in [2.75, 3.05) is 19.0 Å². The predicted molar refractivity (Wildman–Crippen MR) is 120 cm³/mol. The standard InChI is InChI=1S/C23H21N3O4S/c1-4-30-23(28)16-13-18(15-9-6-5-7-10-15)31-22(16)25-21(27)19-14(2)24-20-17(29-3)11-8-12-26(19)20/h5-13H,4H2,1-3H3,(H,25,27). The van der Waals surface area contributed by atoms with Crippen LogP contribution in [0.15, 0.2) is 54.7 Å². The topological polar surface area (TPSA) is 81.9 Å². The number of hydrogen-bond donors (Lipinski definition) is 1. The summed E-state index contributed by atoms with van der Waals surface area (Å²) in [6.07, 6.45) is 1.75. The molecule has 0 unspecified atom stereocenters. The van der Waals surface area contributed by atoms with Gasteiger partial charge in [-0.25, -0.2) is 9.78 Å². The Bertz CT molecular complexity index is 1260. The number of thiophene rings is 1. The second kappa shape index (κ2) is 8.61. The van der Waals surface area contributed by atoms with Gasteiger partial charge in [0.15, 0.2) is 11.4 Å². The number of nitrogens with one attached hydrogen (secondary N) is 1. The summed E-state index contributed by atoms with van der Waals surface area (Å²) in [5.41, 5.74) is 2.75. The Hall–Kier alpha value is -3.65. The number of pyridine rings is 1. The number of methoxy groups -OCH3 is 1. The number of esters is 1. The van der Waals surface area contributed by atoms with Gasteiger partial charge in [0, 0.05) is 11.1 Å². The van der Waals surface area contributed by atoms with Crippen molar-refractivity contribution in [1.29, 1.82) is 0 Å². The van der Waals surface area contributed by atoms with Gasteiger partial charge in [-0.2, -0.15) is 0 Å². The highest BCUT2D eigenvalue weighted by Gasteiger charge is 2.23. The van der Waals surface area contributed by atoms with Crippen LogP contribution < -0.4 is 10.1 Å². The molecular weight excluding hydrogens is 414 g/mol. The van der Waals surface area contributed by atoms with Crippen LogP contribution >= 0.6 is 11.3 Å². The first-order chi connectivity index (χ1) is 15.0. The molecule has 1 aromatic carbocycles. The van der Waals surface area contributed by atoms with Crippen molar-refractivity contribution >= 4 is 33.9 Å². The number of aryl methyl sites for hydroxylation is 1. The van der Waals surface area contributed by atoms with Crippen molar-refractivity contribution in [3.8, 4) is 16.2 Å². The molecule has 4 rings (SSSR count). The second-order valence-corrected chi connectivity index (χ2v) is 7.76. The number of carbonyl (C=O) groups excluding carboxylic acids is 2. The van der Waals surface area contributed by atoms with Crippen LogP contribution in [-0.4, -0.2) is 35.0 Å². The monoisotopic (exact) mass is 435 g/mol. The molecule has 0 saturated heterocycles. The number of amides is 1. The maximum atomic E-state index is 13.2. The van der Waals surface area contributed by atoms with E-state index in [2.05, 4.69) is 10.3 Å². The molecule has 1 amide bonds. The van der Waals surface area contributed by atoms with Gasteiger partial charge in [-0.05, 0) is 37.6 Å². The maximum Gasteiger partial charge on any atom is 0.341 e. The minimum absolute atomic E-state index is 0.245. The predicted octanol–water partition coefficient (Wildman–Crippen LogP) is 4.81. The molecule has 31 heavy (non-hydrogen) atoms. The molecular formula is C23H21N3O4S. The van der Waals surface area contributed by atoms with E-state index >= 15 is 0 Å². The highest BCUT2D eigenvalue weighted by molar-refractivity contribution is 7.20. The van der Waals surface area contributed by atoms with Crippen molar-refractivity contribution in [3.05, 3.63) is 71.7 Å². The normalized spacial score (nSPS) is 10.8. The van der Waals surface area contributed by atoms with Gasteiger partial charge in [0.2, 0.25) is 0 Å². The number of hydrogen-bond acceptors (Lipinski definition) is 6. The molecule has 8 heteroatoms. The lowest BCUT2D eigenvalue weighted by Crippen LogP contribution is -2.17. The van der Waals surface area contributed by atoms with Crippen LogP contribution in [0.3, 0.4) is 0 Å². The number of ether oxygens (including phenoxy) is 2. The van der Waals surface area contributed by atoms with E-state index in [0.29, 0.717) is 33.3 Å². The number of aromatic nitrogens is 2. The van der Waals surface area contributed by atoms with E-state index in [4.69, 9.17) is 9.47 Å². The third-order valence-electron chi connectivity index (χ3n) is 4.74. The van der Waals surface area contributed by atoms with Crippen LogP contribution in [0.25, 0.3) is 16.1 Å². The maximum absolute atomic E-state index is 13.2. The molecule has 7 nitrogen and oxygen atoms in total. The fourth-order valence-electron chi connectivity index (χ4n) is 3.34. The summed E-state index contributed by atoms with van der Waals surface area (Å²) < 4.78 is 12.2. The van der Waals surface area contributed by atoms with Crippen LogP contribution in [0, 0.1) is 6.92 Å². The number of carbonyl (C=O) groups is 2. The van der Waals surface area contributed by atoms with Gasteiger partial charge >= 0.3 is 5.97 Å². The first kappa shape index (κ1) is 20.6. The van der Waals surface area contributed by atoms with Gasteiger partial charge in [0.1, 0.15) is 10.7 Å². The van der Waals surface area contributed by atoms with Gasteiger partial charge in [0.25, 0.3) is 5.91 Å². The summed E-state index contributed by atoms with van der Waals surface area (Å²) in [6, 6.07) is 15.0. The molecule has 0 fully saturated rings. The highest BCUT2D eigenvalue weighted by Crippen LogP contribution is 2.36. The van der Waals surface area contributed by atoms with Crippen LogP contribution in [0.4, 0.5) is 5.00 Å². The lowest BCUT2D eigenvalue weighted by molar-refractivity contribution is 0.0528. The van der Waals surface area contributed by atoms with Crippen molar-refractivity contribution in [2.45, 2.75) is 13.8 Å². The van der Waals surface area contributed by atoms with Crippen LogP contribution in [0.2, 0.25) is 0 Å². The SMILES string of the molecule is CCOC(=O)c1cc(-c2ccccc2)sc1NC(=O)c1c(C)nc2c(OC)cccn12. The average Bonchev–Trinajstić information content (AvgIpc) is 3.34. The van der Waals surface area contributed by atoms with Gasteiger partial charge < -0.3 is 14.8 Å². The number of benzene rings is 1. The first-order valence-electron chi connectivity index (χ1n) is 9.72. The molecule has 0 atom stereocenters. The van der Waals surface area contributed by atoms with E-state index in [1.807, 2.05) is 30.3 Å². The summed E-state index contributed by atoms with van der Waals surface area (Å²) in [6.45, 7) is 3.75. The van der Waals surface area contributed by atoms with E-state index in [9.17, 15) is 9.59 Å². The molecule has 0 spiro atoms. The first-order valence-corrected chi connectivity index (χ1v) is 10.5. The minimum atomic E-state index is -0.479. The Balaban J connectivity index is 1.74. The van der Waals surface area contributed by atoms with Crippen molar-refractivity contribution in [1.82, 2.24) is 9.38 Å². The molecule has 0 aliphatic rings. The number of anilines is 1. The molecule has 1 N–H and O–H groups in total. The molecule has 0 radical (unpaired) electrons. The molecule has 3 heterocycles. The molecule has 158 valence electrons. The number of imidazole rings is 1. The Labute approximate surface area is 183 Å². The fraction of sp³-hybridized carbons (Fsp3) is 0.174. The van der Waals surface area contributed by atoms with Crippen LogP contribution in [0.1, 0.15) is 33.5 Å². The Morgan fingerprint density at radius 1 is 1.16 bits per heavy atom. The summed E-state index contributed by atoms with van der Waals surface area (Å²) in [5, 5.41) is 3.32. The van der Waals surface area contributed by atoms with Crippen LogP contribution in [-0.2, 0) is 4.74 Å². The van der Waals surface area contributed by atoms with Crippen molar-refractivity contribution < 1.29 is 19.1 Å². The third kappa shape index (κ3) is 3.89. The van der Waals surface area contributed by atoms with Crippen molar-refractivity contribution in [2.24, 2.45) is 0 Å². The van der Waals surface area contributed by atoms with E-state index in [0.717, 1.165) is 10.4 Å². The van der Waals surface area contributed by atoms with E-state index < -0.39 is 5.97 Å². The largest absolute Gasteiger partial charge is 0.493 e. The van der Waals surface area contributed by atoms with Gasteiger partial charge in [-0.3, -0.25) is 9.20 Å². The Morgan fingerprint density at radius 2 is 1.94 bits per heavy atom. The second-order valence-electron chi connectivity index (χ2n) is 6.71. The number of fused-ring (bicyclic) bond motifs is 1. The smallest absolute Gasteiger partial charge is 0.341 e. The average molecular weight is 436 g/mol. The minimum Gasteiger partial charge on any atom is -0.493 e. The molecule has 0 saturated carbocycles. The fourth-order valence-corrected chi connectivity index (χ4v) is 4.39. The highest BCUT2D eigenvalue weighted by atomic mass is 32.1. The van der Waals surface area contributed by atoms with Gasteiger partial charge in [-0.1, -0.05) is 30.3 Å². The summed E-state index contributed by atoms with van der Waals surface area (Å²) in [5.74, 6) is -0.280. The Kier molecular flexibility index (Phi) is 5.73. The summed E-state index contributed by atoms with van der Waals surface area (Å²) >= 11 is 1.32. The summed E-state index contributed by atoms with van der Waals surface area (Å²) in [4.78, 5) is 31.1. The zero-order valence-corrected chi connectivity index (χ0v) is 18.2. The van der Waals surface area contributed by atoms with E-state index in [1.54, 1.807) is 49.8 Å². The molecule has 0 bridgehead atoms. The van der Waals surface area contributed by atoms with Crippen LogP contribution in [0.5, 0.6) is 5.75 Å². The molecule has 3 aromatic heterocycles. The van der Waals surface area contributed by atoms with Crippen molar-refractivity contribution in [3.63, 3.8) is 0 Å². The molecule has 0 aliphatic heterocycles. The van der Waals surface area contributed by atoms with Gasteiger partial charge in [0.05, 0.1) is 25.0 Å². The third-order valence-corrected chi connectivity index (χ3v) is 5.84. The lowest BCUT2D eigenvalue weighted by atomic mass is 10.1. The summed E-state index contributed by atoms with van der Waals surface area (Å²) in [7, 11) is 1.56. The lowest BCUT2D eigenvalue weighted by Gasteiger charge is -2.07. The number of nitrogens with zero attached hydrogens (tertiary/aromatic N) is 2. The molecule has 0 aliphatic carbocycles.